The molecule has 2 aromatic heterocycles. The van der Waals surface area contributed by atoms with Crippen molar-refractivity contribution < 1.29 is 13.7 Å². The van der Waals surface area contributed by atoms with Gasteiger partial charge < -0.3 is 13.7 Å². The maximum Gasteiger partial charge on any atom is 0.254 e. The molecule has 0 spiro atoms. The van der Waals surface area contributed by atoms with Gasteiger partial charge in [-0.2, -0.15) is 0 Å². The molecule has 4 rings (SSSR count). The van der Waals surface area contributed by atoms with Crippen molar-refractivity contribution in [3.63, 3.8) is 0 Å². The molecule has 0 fully saturated rings. The molecule has 0 aliphatic rings. The monoisotopic (exact) mass is 381 g/mol. The summed E-state index contributed by atoms with van der Waals surface area (Å²) in [5.41, 5.74) is 3.29. The molecule has 0 aliphatic carbocycles. The number of hydrogen-bond donors (Lipinski definition) is 0. The average Bonchev–Trinajstić information content (AvgIpc) is 3.29. The number of benzene rings is 2. The number of nitrogens with zero attached hydrogens (tertiary/aromatic N) is 3. The number of rotatable bonds is 5. The summed E-state index contributed by atoms with van der Waals surface area (Å²) in [4.78, 5) is 0. The summed E-state index contributed by atoms with van der Waals surface area (Å²) >= 11 is 6.15. The molecule has 0 aliphatic heterocycles. The largest absolute Gasteiger partial charge is 0.482 e. The van der Waals surface area contributed by atoms with Crippen molar-refractivity contribution in [2.24, 2.45) is 0 Å². The Labute approximate surface area is 160 Å². The van der Waals surface area contributed by atoms with Gasteiger partial charge in [0, 0.05) is 5.56 Å². The normalized spacial score (nSPS) is 10.9. The van der Waals surface area contributed by atoms with E-state index in [0.29, 0.717) is 39.6 Å². The van der Waals surface area contributed by atoms with Gasteiger partial charge in [-0.15, -0.1) is 10.2 Å². The van der Waals surface area contributed by atoms with Crippen LogP contribution in [0.25, 0.3) is 22.7 Å². The van der Waals surface area contributed by atoms with Gasteiger partial charge in [-0.3, -0.25) is 0 Å². The van der Waals surface area contributed by atoms with Gasteiger partial charge in [-0.25, -0.2) is 0 Å². The van der Waals surface area contributed by atoms with Crippen molar-refractivity contribution in [2.45, 2.75) is 20.5 Å². The lowest BCUT2D eigenvalue weighted by Crippen LogP contribution is -1.96. The second-order valence-electron chi connectivity index (χ2n) is 6.05. The predicted molar refractivity (Wildman–Crippen MR) is 100 cm³/mol. The van der Waals surface area contributed by atoms with Crippen LogP contribution in [0.5, 0.6) is 5.75 Å². The van der Waals surface area contributed by atoms with Crippen molar-refractivity contribution in [2.75, 3.05) is 0 Å². The molecule has 2 heterocycles. The quantitative estimate of drug-likeness (QED) is 0.470. The van der Waals surface area contributed by atoms with Gasteiger partial charge in [0.2, 0.25) is 0 Å². The molecule has 0 saturated heterocycles. The van der Waals surface area contributed by atoms with E-state index >= 15 is 0 Å². The zero-order valence-electron chi connectivity index (χ0n) is 14.8. The number of aryl methyl sites for hydroxylation is 2. The van der Waals surface area contributed by atoms with Gasteiger partial charge in [-0.05, 0) is 31.5 Å². The summed E-state index contributed by atoms with van der Waals surface area (Å²) in [6.07, 6.45) is 0. The molecular weight excluding hydrogens is 366 g/mol. The predicted octanol–water partition coefficient (Wildman–Crippen LogP) is 5.24. The minimum absolute atomic E-state index is 0.112. The third-order valence-corrected chi connectivity index (χ3v) is 4.34. The first-order valence-corrected chi connectivity index (χ1v) is 8.73. The maximum absolute atomic E-state index is 6.15. The summed E-state index contributed by atoms with van der Waals surface area (Å²) in [7, 11) is 0. The molecule has 0 N–H and O–H groups in total. The highest BCUT2D eigenvalue weighted by Gasteiger charge is 2.22. The van der Waals surface area contributed by atoms with Gasteiger partial charge >= 0.3 is 0 Å². The van der Waals surface area contributed by atoms with Crippen LogP contribution >= 0.6 is 11.6 Å². The maximum atomic E-state index is 6.15. The Morgan fingerprint density at radius 1 is 1.04 bits per heavy atom. The van der Waals surface area contributed by atoms with E-state index in [1.807, 2.05) is 56.3 Å². The molecule has 0 saturated carbocycles. The summed E-state index contributed by atoms with van der Waals surface area (Å²) < 4.78 is 16.8. The fourth-order valence-corrected chi connectivity index (χ4v) is 2.86. The van der Waals surface area contributed by atoms with Crippen LogP contribution in [-0.4, -0.2) is 15.4 Å². The number of ether oxygens (including phenoxy) is 1. The van der Waals surface area contributed by atoms with E-state index in [9.17, 15) is 0 Å². The van der Waals surface area contributed by atoms with Crippen LogP contribution in [-0.2, 0) is 6.61 Å². The molecule has 0 atom stereocenters. The Balaban J connectivity index is 1.59. The van der Waals surface area contributed by atoms with Crippen LogP contribution in [0.3, 0.4) is 0 Å². The molecule has 4 aromatic rings. The Morgan fingerprint density at radius 2 is 1.85 bits per heavy atom. The molecule has 0 bridgehead atoms. The first-order valence-electron chi connectivity index (χ1n) is 8.35. The third-order valence-electron chi connectivity index (χ3n) is 4.03. The molecule has 0 radical (unpaired) electrons. The van der Waals surface area contributed by atoms with Crippen LogP contribution < -0.4 is 4.74 Å². The molecular formula is C20H16ClN3O3. The summed E-state index contributed by atoms with van der Waals surface area (Å²) in [6.45, 7) is 3.89. The molecule has 7 heteroatoms. The Bertz CT molecular complexity index is 1070. The highest BCUT2D eigenvalue weighted by Crippen LogP contribution is 2.33. The topological polar surface area (TPSA) is 74.2 Å². The van der Waals surface area contributed by atoms with Crippen LogP contribution in [0.2, 0.25) is 5.02 Å². The van der Waals surface area contributed by atoms with Crippen LogP contribution in [0.15, 0.2) is 57.5 Å². The Hall–Kier alpha value is -3.12. The zero-order chi connectivity index (χ0) is 18.8. The van der Waals surface area contributed by atoms with Crippen molar-refractivity contribution in [3.05, 3.63) is 70.8 Å². The van der Waals surface area contributed by atoms with Crippen LogP contribution in [0, 0.1) is 13.8 Å². The van der Waals surface area contributed by atoms with Crippen molar-refractivity contribution in [1.82, 2.24) is 15.4 Å². The number of hydrogen-bond acceptors (Lipinski definition) is 6. The van der Waals surface area contributed by atoms with Crippen molar-refractivity contribution in [3.8, 4) is 28.5 Å². The van der Waals surface area contributed by atoms with E-state index in [1.54, 1.807) is 6.07 Å². The molecule has 0 unspecified atom stereocenters. The van der Waals surface area contributed by atoms with E-state index in [2.05, 4.69) is 15.4 Å². The van der Waals surface area contributed by atoms with Gasteiger partial charge in [0.25, 0.3) is 11.8 Å². The second-order valence-corrected chi connectivity index (χ2v) is 6.46. The van der Waals surface area contributed by atoms with Gasteiger partial charge in [0.15, 0.2) is 6.61 Å². The molecule has 136 valence electrons. The first-order chi connectivity index (χ1) is 13.1. The highest BCUT2D eigenvalue weighted by atomic mass is 35.5. The van der Waals surface area contributed by atoms with Gasteiger partial charge in [-0.1, -0.05) is 53.2 Å². The van der Waals surface area contributed by atoms with Crippen molar-refractivity contribution >= 4 is 11.6 Å². The SMILES string of the molecule is Cc1ccc(Cl)c(OCc2nnc(-c3c(-c4ccccc4)noc3C)o2)c1. The van der Waals surface area contributed by atoms with E-state index in [-0.39, 0.29) is 6.61 Å². The lowest BCUT2D eigenvalue weighted by atomic mass is 10.1. The smallest absolute Gasteiger partial charge is 0.254 e. The second kappa shape index (κ2) is 7.25. The lowest BCUT2D eigenvalue weighted by molar-refractivity contribution is 0.264. The molecule has 0 amide bonds. The third kappa shape index (κ3) is 3.57. The van der Waals surface area contributed by atoms with E-state index in [4.69, 9.17) is 25.3 Å². The minimum atomic E-state index is 0.112. The summed E-state index contributed by atoms with van der Waals surface area (Å²) in [5, 5.41) is 12.9. The average molecular weight is 382 g/mol. The fraction of sp³-hybridized carbons (Fsp3) is 0.150. The molecule has 2 aromatic carbocycles. The first kappa shape index (κ1) is 17.3. The van der Waals surface area contributed by atoms with Gasteiger partial charge in [0.1, 0.15) is 22.8 Å². The molecule has 27 heavy (non-hydrogen) atoms. The zero-order valence-corrected chi connectivity index (χ0v) is 15.5. The number of halogens is 1. The fourth-order valence-electron chi connectivity index (χ4n) is 2.69. The van der Waals surface area contributed by atoms with Crippen LogP contribution in [0.1, 0.15) is 17.2 Å². The standard InChI is InChI=1S/C20H16ClN3O3/c1-12-8-9-15(21)16(10-12)25-11-17-22-23-20(26-17)18-13(2)27-24-19(18)14-6-4-3-5-7-14/h3-10H,11H2,1-2H3. The van der Waals surface area contributed by atoms with E-state index in [1.165, 1.54) is 0 Å². The van der Waals surface area contributed by atoms with E-state index < -0.39 is 0 Å². The Morgan fingerprint density at radius 3 is 2.67 bits per heavy atom. The summed E-state index contributed by atoms with van der Waals surface area (Å²) in [5.74, 6) is 1.85. The Kier molecular flexibility index (Phi) is 4.64. The van der Waals surface area contributed by atoms with E-state index in [0.717, 1.165) is 11.1 Å². The van der Waals surface area contributed by atoms with Crippen LogP contribution in [0.4, 0.5) is 0 Å². The summed E-state index contributed by atoms with van der Waals surface area (Å²) in [6, 6.07) is 15.3. The molecule has 6 nitrogen and oxygen atoms in total. The van der Waals surface area contributed by atoms with Crippen molar-refractivity contribution in [1.29, 1.82) is 0 Å². The number of aromatic nitrogens is 3. The lowest BCUT2D eigenvalue weighted by Gasteiger charge is -2.06. The minimum Gasteiger partial charge on any atom is -0.482 e. The van der Waals surface area contributed by atoms with Gasteiger partial charge in [0.05, 0.1) is 5.02 Å². The highest BCUT2D eigenvalue weighted by molar-refractivity contribution is 6.32.